The van der Waals surface area contributed by atoms with Crippen molar-refractivity contribution in [2.75, 3.05) is 32.7 Å². The van der Waals surface area contributed by atoms with Crippen molar-refractivity contribution in [2.24, 2.45) is 5.73 Å². The molecule has 5 heteroatoms. The lowest BCUT2D eigenvalue weighted by atomic mass is 10.1. The van der Waals surface area contributed by atoms with E-state index in [-0.39, 0.29) is 0 Å². The lowest BCUT2D eigenvalue weighted by molar-refractivity contribution is 0.0870. The molecule has 0 aromatic heterocycles. The van der Waals surface area contributed by atoms with Gasteiger partial charge < -0.3 is 5.73 Å². The third-order valence-electron chi connectivity index (χ3n) is 4.28. The monoisotopic (exact) mass is 297 g/mol. The van der Waals surface area contributed by atoms with Gasteiger partial charge in [-0.25, -0.2) is 8.78 Å². The first kappa shape index (κ1) is 16.3. The highest BCUT2D eigenvalue weighted by Gasteiger charge is 2.22. The van der Waals surface area contributed by atoms with Crippen LogP contribution in [0.1, 0.15) is 25.3 Å². The molecule has 0 amide bonds. The van der Waals surface area contributed by atoms with Crippen molar-refractivity contribution < 1.29 is 8.78 Å². The van der Waals surface area contributed by atoms with Crippen LogP contribution >= 0.6 is 0 Å². The maximum Gasteiger partial charge on any atom is 0.159 e. The van der Waals surface area contributed by atoms with Crippen molar-refractivity contribution >= 4 is 0 Å². The highest BCUT2D eigenvalue weighted by atomic mass is 19.2. The Hall–Kier alpha value is -1.04. The van der Waals surface area contributed by atoms with Crippen LogP contribution in [-0.4, -0.2) is 48.6 Å². The number of benzene rings is 1. The van der Waals surface area contributed by atoms with Crippen molar-refractivity contribution in [1.29, 1.82) is 0 Å². The molecule has 0 saturated carbocycles. The van der Waals surface area contributed by atoms with Gasteiger partial charge in [-0.2, -0.15) is 0 Å². The van der Waals surface area contributed by atoms with Crippen molar-refractivity contribution in [3.8, 4) is 0 Å². The Bertz CT molecular complexity index is 445. The second-order valence-electron chi connectivity index (χ2n) is 5.70. The molecule has 1 saturated heterocycles. The summed E-state index contributed by atoms with van der Waals surface area (Å²) in [6, 6.07) is 4.73. The number of piperazine rings is 1. The topological polar surface area (TPSA) is 32.5 Å². The molecule has 1 aliphatic rings. The van der Waals surface area contributed by atoms with Crippen LogP contribution in [0.15, 0.2) is 18.2 Å². The summed E-state index contributed by atoms with van der Waals surface area (Å²) in [6.07, 6.45) is 2.17. The fourth-order valence-corrected chi connectivity index (χ4v) is 3.02. The smallest absolute Gasteiger partial charge is 0.159 e. The van der Waals surface area contributed by atoms with Gasteiger partial charge in [-0.05, 0) is 37.1 Å². The lowest BCUT2D eigenvalue weighted by Gasteiger charge is -2.39. The predicted molar refractivity (Wildman–Crippen MR) is 81.0 cm³/mol. The maximum absolute atomic E-state index is 13.2. The molecule has 1 aromatic rings. The van der Waals surface area contributed by atoms with E-state index in [0.29, 0.717) is 12.6 Å². The molecule has 0 bridgehead atoms. The van der Waals surface area contributed by atoms with E-state index < -0.39 is 11.6 Å². The molecular formula is C16H25F2N3. The second-order valence-corrected chi connectivity index (χ2v) is 5.70. The van der Waals surface area contributed by atoms with Crippen molar-refractivity contribution in [1.82, 2.24) is 9.80 Å². The highest BCUT2D eigenvalue weighted by Crippen LogP contribution is 2.15. The Morgan fingerprint density at radius 3 is 2.43 bits per heavy atom. The normalized spacial score (nSPS) is 18.9. The van der Waals surface area contributed by atoms with Gasteiger partial charge in [-0.3, -0.25) is 9.80 Å². The summed E-state index contributed by atoms with van der Waals surface area (Å²) in [5.41, 5.74) is 6.49. The number of hydrogen-bond donors (Lipinski definition) is 1. The average molecular weight is 297 g/mol. The van der Waals surface area contributed by atoms with Crippen LogP contribution in [0.3, 0.4) is 0 Å². The number of nitrogens with zero attached hydrogens (tertiary/aromatic N) is 2. The van der Waals surface area contributed by atoms with E-state index >= 15 is 0 Å². The van der Waals surface area contributed by atoms with E-state index in [9.17, 15) is 8.78 Å². The van der Waals surface area contributed by atoms with Gasteiger partial charge in [0.15, 0.2) is 11.6 Å². The third kappa shape index (κ3) is 4.46. The maximum atomic E-state index is 13.2. The molecule has 3 nitrogen and oxygen atoms in total. The first-order chi connectivity index (χ1) is 10.1. The zero-order valence-electron chi connectivity index (χ0n) is 12.7. The van der Waals surface area contributed by atoms with Crippen LogP contribution < -0.4 is 5.73 Å². The quantitative estimate of drug-likeness (QED) is 0.874. The SMILES string of the molecule is CCC(CCN)N1CCN(Cc2ccc(F)c(F)c2)CC1. The first-order valence-corrected chi connectivity index (χ1v) is 7.74. The molecule has 1 aliphatic heterocycles. The molecule has 2 N–H and O–H groups in total. The molecule has 1 atom stereocenters. The second kappa shape index (κ2) is 7.82. The average Bonchev–Trinajstić information content (AvgIpc) is 2.49. The van der Waals surface area contributed by atoms with Crippen LogP contribution in [0, 0.1) is 11.6 Å². The third-order valence-corrected chi connectivity index (χ3v) is 4.28. The summed E-state index contributed by atoms with van der Waals surface area (Å²) in [7, 11) is 0. The Balaban J connectivity index is 1.84. The van der Waals surface area contributed by atoms with Gasteiger partial charge in [0.25, 0.3) is 0 Å². The summed E-state index contributed by atoms with van der Waals surface area (Å²) in [5.74, 6) is -1.55. The summed E-state index contributed by atoms with van der Waals surface area (Å²) in [4.78, 5) is 4.78. The first-order valence-electron chi connectivity index (χ1n) is 7.74. The van der Waals surface area contributed by atoms with Gasteiger partial charge in [-0.1, -0.05) is 13.0 Å². The Kier molecular flexibility index (Phi) is 6.08. The molecule has 2 rings (SSSR count). The lowest BCUT2D eigenvalue weighted by Crippen LogP contribution is -2.50. The zero-order valence-corrected chi connectivity index (χ0v) is 12.7. The predicted octanol–water partition coefficient (Wildman–Crippen LogP) is 2.21. The Labute approximate surface area is 125 Å². The van der Waals surface area contributed by atoms with Gasteiger partial charge in [0.2, 0.25) is 0 Å². The number of hydrogen-bond acceptors (Lipinski definition) is 3. The van der Waals surface area contributed by atoms with E-state index in [1.807, 2.05) is 0 Å². The summed E-state index contributed by atoms with van der Waals surface area (Å²) in [5, 5.41) is 0. The molecule has 118 valence electrons. The minimum atomic E-state index is -0.781. The summed E-state index contributed by atoms with van der Waals surface area (Å²) in [6.45, 7) is 7.56. The van der Waals surface area contributed by atoms with E-state index in [1.54, 1.807) is 6.07 Å². The Morgan fingerprint density at radius 1 is 1.14 bits per heavy atom. The molecule has 21 heavy (non-hydrogen) atoms. The molecule has 1 aromatic carbocycles. The molecule has 0 spiro atoms. The fraction of sp³-hybridized carbons (Fsp3) is 0.625. The van der Waals surface area contributed by atoms with Crippen molar-refractivity contribution in [2.45, 2.75) is 32.4 Å². The van der Waals surface area contributed by atoms with Gasteiger partial charge in [0.05, 0.1) is 0 Å². The number of nitrogens with two attached hydrogens (primary N) is 1. The molecule has 1 unspecified atom stereocenters. The summed E-state index contributed by atoms with van der Waals surface area (Å²) >= 11 is 0. The van der Waals surface area contributed by atoms with Gasteiger partial charge in [-0.15, -0.1) is 0 Å². The number of halogens is 2. The van der Waals surface area contributed by atoms with Crippen LogP contribution in [0.4, 0.5) is 8.78 Å². The highest BCUT2D eigenvalue weighted by molar-refractivity contribution is 5.17. The number of rotatable bonds is 6. The van der Waals surface area contributed by atoms with Crippen LogP contribution in [0.5, 0.6) is 0 Å². The van der Waals surface area contributed by atoms with E-state index in [4.69, 9.17) is 5.73 Å². The van der Waals surface area contributed by atoms with Crippen molar-refractivity contribution in [3.63, 3.8) is 0 Å². The molecule has 1 fully saturated rings. The molecule has 0 aliphatic carbocycles. The van der Waals surface area contributed by atoms with Crippen LogP contribution in [-0.2, 0) is 6.54 Å². The standard InChI is InChI=1S/C16H25F2N3/c1-2-14(5-6-19)21-9-7-20(8-10-21)12-13-3-4-15(17)16(18)11-13/h3-4,11,14H,2,5-10,12,19H2,1H3. The van der Waals surface area contributed by atoms with Gasteiger partial charge in [0.1, 0.15) is 0 Å². The van der Waals surface area contributed by atoms with Gasteiger partial charge >= 0.3 is 0 Å². The van der Waals surface area contributed by atoms with E-state index in [1.165, 1.54) is 12.1 Å². The largest absolute Gasteiger partial charge is 0.330 e. The van der Waals surface area contributed by atoms with Crippen LogP contribution in [0.2, 0.25) is 0 Å². The molecule has 1 heterocycles. The Morgan fingerprint density at radius 2 is 1.86 bits per heavy atom. The minimum Gasteiger partial charge on any atom is -0.330 e. The van der Waals surface area contributed by atoms with Crippen LogP contribution in [0.25, 0.3) is 0 Å². The van der Waals surface area contributed by atoms with Gasteiger partial charge in [0, 0.05) is 38.8 Å². The fourth-order valence-electron chi connectivity index (χ4n) is 3.02. The van der Waals surface area contributed by atoms with E-state index in [0.717, 1.165) is 51.1 Å². The summed E-state index contributed by atoms with van der Waals surface area (Å²) < 4.78 is 26.1. The molecule has 0 radical (unpaired) electrons. The zero-order chi connectivity index (χ0) is 15.2. The van der Waals surface area contributed by atoms with Crippen molar-refractivity contribution in [3.05, 3.63) is 35.4 Å². The molecular weight excluding hydrogens is 272 g/mol. The minimum absolute atomic E-state index is 0.570. The van der Waals surface area contributed by atoms with E-state index in [2.05, 4.69) is 16.7 Å².